The first-order chi connectivity index (χ1) is 12.2. The molecule has 1 N–H and O–H groups in total. The molecule has 1 aromatic carbocycles. The second kappa shape index (κ2) is 10.9. The minimum atomic E-state index is 0. The number of piperidine rings is 2. The highest BCUT2D eigenvalue weighted by Crippen LogP contribution is 2.26. The van der Waals surface area contributed by atoms with Gasteiger partial charge in [0.15, 0.2) is 0 Å². The maximum Gasteiger partial charge on any atom is 0.222 e. The van der Waals surface area contributed by atoms with Crippen LogP contribution in [0.5, 0.6) is 0 Å². The lowest BCUT2D eigenvalue weighted by molar-refractivity contribution is -0.134. The average molecular weight is 379 g/mol. The van der Waals surface area contributed by atoms with Crippen LogP contribution in [0.4, 0.5) is 0 Å². The molecule has 2 saturated heterocycles. The number of carbonyl (C=O) groups excluding carboxylic acids is 1. The SMILES string of the molecule is CC(CC(=O)N1CCC(CCc2ccccc2)CC1)C1CCCNC1.Cl. The van der Waals surface area contributed by atoms with Gasteiger partial charge in [-0.2, -0.15) is 0 Å². The molecule has 0 aromatic heterocycles. The Balaban J connectivity index is 0.00000243. The van der Waals surface area contributed by atoms with E-state index in [4.69, 9.17) is 0 Å². The van der Waals surface area contributed by atoms with Gasteiger partial charge in [0.1, 0.15) is 0 Å². The van der Waals surface area contributed by atoms with Gasteiger partial charge in [-0.05, 0) is 74.9 Å². The summed E-state index contributed by atoms with van der Waals surface area (Å²) in [6, 6.07) is 10.8. The summed E-state index contributed by atoms with van der Waals surface area (Å²) < 4.78 is 0. The van der Waals surface area contributed by atoms with E-state index in [2.05, 4.69) is 47.5 Å². The molecule has 2 aliphatic heterocycles. The van der Waals surface area contributed by atoms with Crippen molar-refractivity contribution >= 4 is 18.3 Å². The van der Waals surface area contributed by atoms with Crippen molar-refractivity contribution in [3.63, 3.8) is 0 Å². The molecule has 0 aliphatic carbocycles. The van der Waals surface area contributed by atoms with E-state index in [1.807, 2.05) is 0 Å². The van der Waals surface area contributed by atoms with E-state index in [9.17, 15) is 4.79 Å². The lowest BCUT2D eigenvalue weighted by atomic mass is 9.84. The van der Waals surface area contributed by atoms with Crippen molar-refractivity contribution in [1.29, 1.82) is 0 Å². The van der Waals surface area contributed by atoms with Crippen LogP contribution in [0.25, 0.3) is 0 Å². The third kappa shape index (κ3) is 6.28. The number of nitrogens with one attached hydrogen (secondary N) is 1. The fourth-order valence-corrected chi connectivity index (χ4v) is 4.42. The lowest BCUT2D eigenvalue weighted by Crippen LogP contribution is -2.41. The van der Waals surface area contributed by atoms with Crippen LogP contribution in [0.3, 0.4) is 0 Å². The highest BCUT2D eigenvalue weighted by atomic mass is 35.5. The van der Waals surface area contributed by atoms with E-state index in [-0.39, 0.29) is 12.4 Å². The zero-order valence-corrected chi connectivity index (χ0v) is 17.0. The van der Waals surface area contributed by atoms with Crippen LogP contribution >= 0.6 is 12.4 Å². The van der Waals surface area contributed by atoms with Crippen molar-refractivity contribution in [2.75, 3.05) is 26.2 Å². The predicted octanol–water partition coefficient (Wildman–Crippen LogP) is 4.31. The third-order valence-corrected chi connectivity index (χ3v) is 6.29. The standard InChI is InChI=1S/C22H34N2O.ClH/c1-18(21-8-5-13-23-17-21)16-22(25)24-14-11-20(12-15-24)10-9-19-6-3-2-4-7-19;/h2-4,6-7,18,20-21,23H,5,8-17H2,1H3;1H. The van der Waals surface area contributed by atoms with E-state index in [1.165, 1.54) is 44.1 Å². The molecule has 3 rings (SSSR count). The number of benzene rings is 1. The molecule has 2 unspecified atom stereocenters. The number of hydrogen-bond donors (Lipinski definition) is 1. The summed E-state index contributed by atoms with van der Waals surface area (Å²) in [7, 11) is 0. The van der Waals surface area contributed by atoms with Crippen LogP contribution in [0.15, 0.2) is 30.3 Å². The summed E-state index contributed by atoms with van der Waals surface area (Å²) in [6.07, 6.45) is 8.07. The van der Waals surface area contributed by atoms with Crippen LogP contribution in [0.2, 0.25) is 0 Å². The smallest absolute Gasteiger partial charge is 0.222 e. The molecule has 2 aliphatic rings. The molecule has 0 bridgehead atoms. The highest BCUT2D eigenvalue weighted by Gasteiger charge is 2.27. The number of likely N-dealkylation sites (tertiary alicyclic amines) is 1. The van der Waals surface area contributed by atoms with Crippen molar-refractivity contribution in [3.05, 3.63) is 35.9 Å². The Kier molecular flexibility index (Phi) is 8.94. The van der Waals surface area contributed by atoms with E-state index < -0.39 is 0 Å². The Hall–Kier alpha value is -1.06. The molecule has 2 heterocycles. The molecule has 0 spiro atoms. The number of amides is 1. The molecule has 0 radical (unpaired) electrons. The molecule has 3 nitrogen and oxygen atoms in total. The minimum Gasteiger partial charge on any atom is -0.343 e. The monoisotopic (exact) mass is 378 g/mol. The van der Waals surface area contributed by atoms with E-state index in [0.29, 0.717) is 17.7 Å². The maximum absolute atomic E-state index is 12.6. The van der Waals surface area contributed by atoms with Gasteiger partial charge in [0.05, 0.1) is 0 Å². The van der Waals surface area contributed by atoms with Gasteiger partial charge < -0.3 is 10.2 Å². The largest absolute Gasteiger partial charge is 0.343 e. The van der Waals surface area contributed by atoms with Crippen molar-refractivity contribution < 1.29 is 4.79 Å². The predicted molar refractivity (Wildman–Crippen MR) is 111 cm³/mol. The van der Waals surface area contributed by atoms with Crippen LogP contribution in [0.1, 0.15) is 51.0 Å². The zero-order chi connectivity index (χ0) is 17.5. The van der Waals surface area contributed by atoms with Gasteiger partial charge in [0, 0.05) is 19.5 Å². The Bertz CT molecular complexity index is 522. The quantitative estimate of drug-likeness (QED) is 0.800. The molecule has 146 valence electrons. The van der Waals surface area contributed by atoms with Crippen LogP contribution in [-0.4, -0.2) is 37.0 Å². The molecule has 2 fully saturated rings. The second-order valence-corrected chi connectivity index (χ2v) is 8.14. The van der Waals surface area contributed by atoms with Gasteiger partial charge >= 0.3 is 0 Å². The van der Waals surface area contributed by atoms with E-state index >= 15 is 0 Å². The Morgan fingerprint density at radius 2 is 1.92 bits per heavy atom. The van der Waals surface area contributed by atoms with Gasteiger partial charge in [-0.3, -0.25) is 4.79 Å². The number of halogens is 1. The van der Waals surface area contributed by atoms with Crippen molar-refractivity contribution in [2.45, 2.75) is 51.9 Å². The van der Waals surface area contributed by atoms with Crippen LogP contribution in [-0.2, 0) is 11.2 Å². The molecular weight excluding hydrogens is 344 g/mol. The second-order valence-electron chi connectivity index (χ2n) is 8.14. The summed E-state index contributed by atoms with van der Waals surface area (Å²) in [5.41, 5.74) is 1.44. The molecule has 1 amide bonds. The topological polar surface area (TPSA) is 32.3 Å². The zero-order valence-electron chi connectivity index (χ0n) is 16.2. The molecule has 0 saturated carbocycles. The average Bonchev–Trinajstić information content (AvgIpc) is 2.68. The fourth-order valence-electron chi connectivity index (χ4n) is 4.42. The first-order valence-corrected chi connectivity index (χ1v) is 10.2. The number of aryl methyl sites for hydroxylation is 1. The Morgan fingerprint density at radius 1 is 1.19 bits per heavy atom. The maximum atomic E-state index is 12.6. The van der Waals surface area contributed by atoms with Crippen LogP contribution in [0, 0.1) is 17.8 Å². The first-order valence-electron chi connectivity index (χ1n) is 10.2. The molecule has 2 atom stereocenters. The third-order valence-electron chi connectivity index (χ3n) is 6.29. The molecular formula is C22H35ClN2O. The van der Waals surface area contributed by atoms with Crippen molar-refractivity contribution in [1.82, 2.24) is 10.2 Å². The summed E-state index contributed by atoms with van der Waals surface area (Å²) in [6.45, 7) is 6.44. The van der Waals surface area contributed by atoms with Crippen LogP contribution < -0.4 is 5.32 Å². The van der Waals surface area contributed by atoms with E-state index in [0.717, 1.165) is 38.5 Å². The minimum absolute atomic E-state index is 0. The lowest BCUT2D eigenvalue weighted by Gasteiger charge is -2.34. The molecule has 26 heavy (non-hydrogen) atoms. The summed E-state index contributed by atoms with van der Waals surface area (Å²) in [5, 5.41) is 3.48. The fraction of sp³-hybridized carbons (Fsp3) is 0.682. The number of hydrogen-bond acceptors (Lipinski definition) is 2. The van der Waals surface area contributed by atoms with Gasteiger partial charge in [-0.15, -0.1) is 12.4 Å². The normalized spacial score (nSPS) is 22.5. The van der Waals surface area contributed by atoms with E-state index in [1.54, 1.807) is 0 Å². The molecule has 1 aromatic rings. The summed E-state index contributed by atoms with van der Waals surface area (Å²) in [4.78, 5) is 14.8. The Labute approximate surface area is 165 Å². The van der Waals surface area contributed by atoms with Crippen molar-refractivity contribution in [2.24, 2.45) is 17.8 Å². The van der Waals surface area contributed by atoms with Gasteiger partial charge in [-0.1, -0.05) is 37.3 Å². The van der Waals surface area contributed by atoms with Gasteiger partial charge in [0.25, 0.3) is 0 Å². The Morgan fingerprint density at radius 3 is 2.58 bits per heavy atom. The van der Waals surface area contributed by atoms with Gasteiger partial charge in [0.2, 0.25) is 5.91 Å². The van der Waals surface area contributed by atoms with Crippen molar-refractivity contribution in [3.8, 4) is 0 Å². The number of nitrogens with zero attached hydrogens (tertiary/aromatic N) is 1. The summed E-state index contributed by atoms with van der Waals surface area (Å²) >= 11 is 0. The summed E-state index contributed by atoms with van der Waals surface area (Å²) in [5.74, 6) is 2.36. The number of carbonyl (C=O) groups is 1. The molecule has 4 heteroatoms. The first kappa shape index (κ1) is 21.2. The highest BCUT2D eigenvalue weighted by molar-refractivity contribution is 5.85. The van der Waals surface area contributed by atoms with Gasteiger partial charge in [-0.25, -0.2) is 0 Å². The number of rotatable bonds is 6.